The molecule has 5 heteroatoms. The van der Waals surface area contributed by atoms with Gasteiger partial charge in [-0.2, -0.15) is 0 Å². The second kappa shape index (κ2) is 10.3. The lowest BCUT2D eigenvalue weighted by Crippen LogP contribution is -2.32. The third-order valence-electron chi connectivity index (χ3n) is 2.82. The second-order valence-corrected chi connectivity index (χ2v) is 4.26. The van der Waals surface area contributed by atoms with Gasteiger partial charge in [-0.3, -0.25) is 4.79 Å². The summed E-state index contributed by atoms with van der Waals surface area (Å²) in [6, 6.07) is 7.75. The molecule has 0 atom stereocenters. The molecule has 0 saturated carbocycles. The minimum Gasteiger partial charge on any atom is -0.497 e. The Morgan fingerprint density at radius 3 is 2.55 bits per heavy atom. The number of amides is 1. The highest BCUT2D eigenvalue weighted by Crippen LogP contribution is 2.13. The molecule has 0 aliphatic heterocycles. The molecule has 1 aromatic carbocycles. The van der Waals surface area contributed by atoms with E-state index in [9.17, 15) is 4.79 Å². The van der Waals surface area contributed by atoms with Gasteiger partial charge < -0.3 is 15.0 Å². The van der Waals surface area contributed by atoms with Crippen LogP contribution in [0.25, 0.3) is 0 Å². The molecule has 0 saturated heterocycles. The van der Waals surface area contributed by atoms with Crippen LogP contribution in [-0.4, -0.2) is 38.1 Å². The van der Waals surface area contributed by atoms with Crippen molar-refractivity contribution in [3.8, 4) is 5.75 Å². The Hall–Kier alpha value is -1.52. The summed E-state index contributed by atoms with van der Waals surface area (Å²) in [7, 11) is 3.48. The van der Waals surface area contributed by atoms with Crippen LogP contribution in [0.3, 0.4) is 0 Å². The van der Waals surface area contributed by atoms with Crippen LogP contribution in [-0.2, 0) is 11.3 Å². The van der Waals surface area contributed by atoms with E-state index >= 15 is 0 Å². The maximum absolute atomic E-state index is 12.0. The summed E-state index contributed by atoms with van der Waals surface area (Å²) in [6.45, 7) is 5.55. The first-order chi connectivity index (χ1) is 9.21. The van der Waals surface area contributed by atoms with Crippen molar-refractivity contribution in [3.63, 3.8) is 0 Å². The Morgan fingerprint density at radius 1 is 1.40 bits per heavy atom. The van der Waals surface area contributed by atoms with Crippen LogP contribution in [0.2, 0.25) is 0 Å². The second-order valence-electron chi connectivity index (χ2n) is 4.26. The van der Waals surface area contributed by atoms with E-state index in [1.54, 1.807) is 18.1 Å². The van der Waals surface area contributed by atoms with Crippen LogP contribution in [0, 0.1) is 0 Å². The first-order valence-electron chi connectivity index (χ1n) is 6.37. The first-order valence-corrected chi connectivity index (χ1v) is 6.37. The molecule has 0 aliphatic carbocycles. The zero-order valence-corrected chi connectivity index (χ0v) is 12.9. The fraction of sp³-hybridized carbons (Fsp3) is 0.400. The molecule has 4 nitrogen and oxygen atoms in total. The summed E-state index contributed by atoms with van der Waals surface area (Å²) in [4.78, 5) is 13.8. The van der Waals surface area contributed by atoms with Gasteiger partial charge in [-0.15, -0.1) is 19.0 Å². The summed E-state index contributed by atoms with van der Waals surface area (Å²) in [6.07, 6.45) is 2.25. The zero-order valence-electron chi connectivity index (χ0n) is 12.1. The van der Waals surface area contributed by atoms with E-state index < -0.39 is 0 Å². The third kappa shape index (κ3) is 6.08. The largest absolute Gasteiger partial charge is 0.497 e. The topological polar surface area (TPSA) is 41.6 Å². The van der Waals surface area contributed by atoms with Gasteiger partial charge in [-0.25, -0.2) is 0 Å². The van der Waals surface area contributed by atoms with E-state index in [-0.39, 0.29) is 18.3 Å². The van der Waals surface area contributed by atoms with Gasteiger partial charge in [-0.1, -0.05) is 18.2 Å². The normalized spacial score (nSPS) is 9.50. The number of benzene rings is 1. The van der Waals surface area contributed by atoms with Crippen LogP contribution in [0.5, 0.6) is 5.75 Å². The Kier molecular flexibility index (Phi) is 9.51. The molecule has 0 heterocycles. The Labute approximate surface area is 127 Å². The molecule has 0 spiro atoms. The van der Waals surface area contributed by atoms with Crippen molar-refractivity contribution in [2.45, 2.75) is 13.0 Å². The SMILES string of the molecule is C=CCN(Cc1ccc(OC)cc1)C(=O)CCNC.Cl. The van der Waals surface area contributed by atoms with Gasteiger partial charge in [0.15, 0.2) is 0 Å². The Morgan fingerprint density at radius 2 is 2.05 bits per heavy atom. The summed E-state index contributed by atoms with van der Waals surface area (Å²) in [5, 5.41) is 2.98. The standard InChI is InChI=1S/C15H22N2O2.ClH/c1-4-11-17(15(18)9-10-16-2)12-13-5-7-14(19-3)8-6-13;/h4-8,16H,1,9-12H2,2-3H3;1H. The van der Waals surface area contributed by atoms with Gasteiger partial charge in [-0.05, 0) is 24.7 Å². The molecule has 0 aromatic heterocycles. The number of halogens is 1. The molecule has 0 fully saturated rings. The van der Waals surface area contributed by atoms with Crippen molar-refractivity contribution < 1.29 is 9.53 Å². The quantitative estimate of drug-likeness (QED) is 0.749. The Balaban J connectivity index is 0.00000361. The van der Waals surface area contributed by atoms with Gasteiger partial charge in [0.25, 0.3) is 0 Å². The lowest BCUT2D eigenvalue weighted by Gasteiger charge is -2.21. The zero-order chi connectivity index (χ0) is 14.1. The fourth-order valence-electron chi connectivity index (χ4n) is 1.75. The maximum Gasteiger partial charge on any atom is 0.224 e. The number of methoxy groups -OCH3 is 1. The first kappa shape index (κ1) is 18.5. The highest BCUT2D eigenvalue weighted by Gasteiger charge is 2.11. The predicted molar refractivity (Wildman–Crippen MR) is 84.4 cm³/mol. The lowest BCUT2D eigenvalue weighted by atomic mass is 10.2. The van der Waals surface area contributed by atoms with Crippen molar-refractivity contribution in [2.75, 3.05) is 27.2 Å². The highest BCUT2D eigenvalue weighted by molar-refractivity contribution is 5.85. The summed E-state index contributed by atoms with van der Waals surface area (Å²) >= 11 is 0. The lowest BCUT2D eigenvalue weighted by molar-refractivity contribution is -0.131. The average Bonchev–Trinajstić information content (AvgIpc) is 2.45. The van der Waals surface area contributed by atoms with Gasteiger partial charge in [0, 0.05) is 26.1 Å². The van der Waals surface area contributed by atoms with E-state index in [1.165, 1.54) is 0 Å². The van der Waals surface area contributed by atoms with Crippen molar-refractivity contribution in [2.24, 2.45) is 0 Å². The third-order valence-corrected chi connectivity index (χ3v) is 2.82. The van der Waals surface area contributed by atoms with Crippen molar-refractivity contribution in [3.05, 3.63) is 42.5 Å². The molecule has 20 heavy (non-hydrogen) atoms. The van der Waals surface area contributed by atoms with E-state index in [1.807, 2.05) is 31.3 Å². The number of carbonyl (C=O) groups excluding carboxylic acids is 1. The average molecular weight is 299 g/mol. The van der Waals surface area contributed by atoms with Crippen LogP contribution >= 0.6 is 12.4 Å². The Bertz CT molecular complexity index is 407. The van der Waals surface area contributed by atoms with Crippen molar-refractivity contribution >= 4 is 18.3 Å². The number of hydrogen-bond acceptors (Lipinski definition) is 3. The maximum atomic E-state index is 12.0. The number of ether oxygens (including phenoxy) is 1. The van der Waals surface area contributed by atoms with Crippen LogP contribution in [0.4, 0.5) is 0 Å². The van der Waals surface area contributed by atoms with Gasteiger partial charge in [0.2, 0.25) is 5.91 Å². The molecule has 1 rings (SSSR count). The molecule has 1 N–H and O–H groups in total. The molecule has 1 amide bonds. The molecular formula is C15H23ClN2O2. The highest BCUT2D eigenvalue weighted by atomic mass is 35.5. The number of nitrogens with zero attached hydrogens (tertiary/aromatic N) is 1. The predicted octanol–water partition coefficient (Wildman–Crippen LogP) is 2.24. The van der Waals surface area contributed by atoms with E-state index in [0.717, 1.165) is 11.3 Å². The molecular weight excluding hydrogens is 276 g/mol. The van der Waals surface area contributed by atoms with E-state index in [0.29, 0.717) is 26.1 Å². The van der Waals surface area contributed by atoms with E-state index in [4.69, 9.17) is 4.74 Å². The number of rotatable bonds is 8. The minimum atomic E-state index is 0. The fourth-order valence-corrected chi connectivity index (χ4v) is 1.75. The minimum absolute atomic E-state index is 0. The molecule has 1 aromatic rings. The molecule has 0 unspecified atom stereocenters. The molecule has 112 valence electrons. The summed E-state index contributed by atoms with van der Waals surface area (Å²) in [5.41, 5.74) is 1.08. The molecule has 0 radical (unpaired) electrons. The number of nitrogens with one attached hydrogen (secondary N) is 1. The van der Waals surface area contributed by atoms with Gasteiger partial charge in [0.05, 0.1) is 7.11 Å². The van der Waals surface area contributed by atoms with E-state index in [2.05, 4.69) is 11.9 Å². The smallest absolute Gasteiger partial charge is 0.224 e. The number of carbonyl (C=O) groups is 1. The van der Waals surface area contributed by atoms with Crippen molar-refractivity contribution in [1.29, 1.82) is 0 Å². The van der Waals surface area contributed by atoms with Gasteiger partial charge in [0.1, 0.15) is 5.75 Å². The van der Waals surface area contributed by atoms with Crippen LogP contribution < -0.4 is 10.1 Å². The summed E-state index contributed by atoms with van der Waals surface area (Å²) in [5.74, 6) is 0.950. The van der Waals surface area contributed by atoms with Crippen molar-refractivity contribution in [1.82, 2.24) is 10.2 Å². The van der Waals surface area contributed by atoms with Crippen LogP contribution in [0.15, 0.2) is 36.9 Å². The van der Waals surface area contributed by atoms with Crippen LogP contribution in [0.1, 0.15) is 12.0 Å². The van der Waals surface area contributed by atoms with Gasteiger partial charge >= 0.3 is 0 Å². The monoisotopic (exact) mass is 298 g/mol. The molecule has 0 bridgehead atoms. The molecule has 0 aliphatic rings. The number of hydrogen-bond donors (Lipinski definition) is 1. The summed E-state index contributed by atoms with van der Waals surface area (Å²) < 4.78 is 5.12.